The van der Waals surface area contributed by atoms with Gasteiger partial charge in [-0.3, -0.25) is 4.79 Å². The number of phenolic OH excluding ortho intramolecular Hbond substituents is 1. The van der Waals surface area contributed by atoms with Crippen LogP contribution in [0, 0.1) is 0 Å². The van der Waals surface area contributed by atoms with Crippen molar-refractivity contribution in [3.63, 3.8) is 0 Å². The Morgan fingerprint density at radius 3 is 2.75 bits per heavy atom. The molecule has 1 aromatic rings. The molecule has 16 heavy (non-hydrogen) atoms. The lowest BCUT2D eigenvalue weighted by Crippen LogP contribution is -1.99. The maximum Gasteiger partial charge on any atom is 0.163 e. The maximum atomic E-state index is 11.1. The van der Waals surface area contributed by atoms with Crippen molar-refractivity contribution in [2.75, 3.05) is 12.5 Å². The lowest BCUT2D eigenvalue weighted by molar-refractivity contribution is 0.101. The molecule has 0 spiro atoms. The first-order valence-electron chi connectivity index (χ1n) is 5.18. The quantitative estimate of drug-likeness (QED) is 0.474. The summed E-state index contributed by atoms with van der Waals surface area (Å²) in [6.45, 7) is 1.97. The van der Waals surface area contributed by atoms with E-state index in [1.165, 1.54) is 13.0 Å². The number of unbranched alkanes of at least 4 members (excludes halogenated alkanes) is 1. The summed E-state index contributed by atoms with van der Waals surface area (Å²) in [6.07, 6.45) is 1.78. The van der Waals surface area contributed by atoms with Gasteiger partial charge in [-0.1, -0.05) is 0 Å². The van der Waals surface area contributed by atoms with Crippen LogP contribution in [-0.2, 0) is 0 Å². The van der Waals surface area contributed by atoms with E-state index in [-0.39, 0.29) is 11.5 Å². The van der Waals surface area contributed by atoms with Crippen LogP contribution in [0.2, 0.25) is 0 Å². The van der Waals surface area contributed by atoms with Gasteiger partial charge in [-0.2, -0.15) is 0 Å². The zero-order valence-electron chi connectivity index (χ0n) is 9.20. The highest BCUT2D eigenvalue weighted by Crippen LogP contribution is 2.24. The minimum absolute atomic E-state index is 0.0395. The second-order valence-corrected chi connectivity index (χ2v) is 3.86. The van der Waals surface area contributed by atoms with E-state index >= 15 is 0 Å². The predicted octanol–water partition coefficient (Wildman–Crippen LogP) is 2.99. The molecule has 0 heterocycles. The minimum atomic E-state index is -0.161. The molecule has 0 fully saturated rings. The molecular formula is C12H15ClO3. The zero-order valence-corrected chi connectivity index (χ0v) is 9.96. The summed E-state index contributed by atoms with van der Waals surface area (Å²) in [5.74, 6) is 0.989. The third-order valence-corrected chi connectivity index (χ3v) is 2.41. The van der Waals surface area contributed by atoms with Crippen molar-refractivity contribution in [2.45, 2.75) is 19.8 Å². The van der Waals surface area contributed by atoms with Crippen LogP contribution in [0.15, 0.2) is 18.2 Å². The van der Waals surface area contributed by atoms with E-state index < -0.39 is 0 Å². The van der Waals surface area contributed by atoms with Crippen LogP contribution in [-0.4, -0.2) is 23.4 Å². The Kier molecular flexibility index (Phi) is 5.12. The van der Waals surface area contributed by atoms with Crippen molar-refractivity contribution in [1.82, 2.24) is 0 Å². The second-order valence-electron chi connectivity index (χ2n) is 3.48. The Balaban J connectivity index is 2.56. The summed E-state index contributed by atoms with van der Waals surface area (Å²) in [4.78, 5) is 11.1. The number of phenols is 1. The molecule has 0 bridgehead atoms. The number of ether oxygens (including phenoxy) is 1. The number of alkyl halides is 1. The Morgan fingerprint density at radius 1 is 1.44 bits per heavy atom. The molecule has 0 saturated heterocycles. The summed E-state index contributed by atoms with van der Waals surface area (Å²) < 4.78 is 5.39. The molecule has 88 valence electrons. The molecular weight excluding hydrogens is 228 g/mol. The molecule has 0 atom stereocenters. The van der Waals surface area contributed by atoms with E-state index in [4.69, 9.17) is 16.3 Å². The standard InChI is InChI=1S/C12H15ClO3/c1-9(14)11-5-4-10(8-12(11)15)16-7-3-2-6-13/h4-5,8,15H,2-3,6-7H2,1H3. The van der Waals surface area contributed by atoms with E-state index in [0.717, 1.165) is 12.8 Å². The highest BCUT2D eigenvalue weighted by Gasteiger charge is 2.07. The van der Waals surface area contributed by atoms with Crippen molar-refractivity contribution in [3.8, 4) is 11.5 Å². The van der Waals surface area contributed by atoms with Crippen LogP contribution < -0.4 is 4.74 Å². The first-order valence-corrected chi connectivity index (χ1v) is 5.71. The normalized spacial score (nSPS) is 10.1. The number of carbonyl (C=O) groups excluding carboxylic acids is 1. The van der Waals surface area contributed by atoms with E-state index in [1.54, 1.807) is 12.1 Å². The molecule has 0 radical (unpaired) electrons. The van der Waals surface area contributed by atoms with Crippen LogP contribution in [0.5, 0.6) is 11.5 Å². The maximum absolute atomic E-state index is 11.1. The lowest BCUT2D eigenvalue weighted by atomic mass is 10.1. The van der Waals surface area contributed by atoms with Crippen molar-refractivity contribution in [1.29, 1.82) is 0 Å². The molecule has 3 nitrogen and oxygen atoms in total. The summed E-state index contributed by atoms with van der Waals surface area (Å²) in [5.41, 5.74) is 0.313. The minimum Gasteiger partial charge on any atom is -0.507 e. The Morgan fingerprint density at radius 2 is 2.19 bits per heavy atom. The Bertz CT molecular complexity index is 363. The fraction of sp³-hybridized carbons (Fsp3) is 0.417. The van der Waals surface area contributed by atoms with Crippen LogP contribution in [0.1, 0.15) is 30.1 Å². The third-order valence-electron chi connectivity index (χ3n) is 2.15. The van der Waals surface area contributed by atoms with Gasteiger partial charge in [0.25, 0.3) is 0 Å². The summed E-state index contributed by atoms with van der Waals surface area (Å²) in [6, 6.07) is 4.70. The highest BCUT2D eigenvalue weighted by atomic mass is 35.5. The Labute approximate surface area is 100.0 Å². The van der Waals surface area contributed by atoms with Gasteiger partial charge in [0.05, 0.1) is 12.2 Å². The first kappa shape index (κ1) is 12.8. The van der Waals surface area contributed by atoms with Crippen molar-refractivity contribution in [3.05, 3.63) is 23.8 Å². The van der Waals surface area contributed by atoms with Crippen LogP contribution >= 0.6 is 11.6 Å². The molecule has 0 saturated carbocycles. The lowest BCUT2D eigenvalue weighted by Gasteiger charge is -2.07. The van der Waals surface area contributed by atoms with Gasteiger partial charge in [0.1, 0.15) is 11.5 Å². The number of hydrogen-bond acceptors (Lipinski definition) is 3. The SMILES string of the molecule is CC(=O)c1ccc(OCCCCCl)cc1O. The molecule has 0 aliphatic heterocycles. The van der Waals surface area contributed by atoms with Crippen molar-refractivity contribution in [2.24, 2.45) is 0 Å². The van der Waals surface area contributed by atoms with Gasteiger partial charge in [-0.25, -0.2) is 0 Å². The van der Waals surface area contributed by atoms with Gasteiger partial charge in [0.15, 0.2) is 5.78 Å². The number of hydrogen-bond donors (Lipinski definition) is 1. The van der Waals surface area contributed by atoms with Gasteiger partial charge >= 0.3 is 0 Å². The smallest absolute Gasteiger partial charge is 0.163 e. The van der Waals surface area contributed by atoms with Gasteiger partial charge < -0.3 is 9.84 Å². The number of Topliss-reactive ketones (excluding diaryl/α,β-unsaturated/α-hetero) is 1. The molecule has 4 heteroatoms. The monoisotopic (exact) mass is 242 g/mol. The number of halogens is 1. The zero-order chi connectivity index (χ0) is 12.0. The number of benzene rings is 1. The van der Waals surface area contributed by atoms with E-state index in [2.05, 4.69) is 0 Å². The summed E-state index contributed by atoms with van der Waals surface area (Å²) in [7, 11) is 0. The molecule has 0 aliphatic carbocycles. The number of ketones is 1. The van der Waals surface area contributed by atoms with Gasteiger partial charge in [0.2, 0.25) is 0 Å². The first-order chi connectivity index (χ1) is 7.65. The molecule has 1 aromatic carbocycles. The van der Waals surface area contributed by atoms with Gasteiger partial charge in [-0.05, 0) is 31.9 Å². The largest absolute Gasteiger partial charge is 0.507 e. The van der Waals surface area contributed by atoms with Gasteiger partial charge in [-0.15, -0.1) is 11.6 Å². The number of carbonyl (C=O) groups is 1. The number of aromatic hydroxyl groups is 1. The predicted molar refractivity (Wildman–Crippen MR) is 63.6 cm³/mol. The second kappa shape index (κ2) is 6.38. The van der Waals surface area contributed by atoms with Crippen molar-refractivity contribution >= 4 is 17.4 Å². The molecule has 1 N–H and O–H groups in total. The number of rotatable bonds is 6. The topological polar surface area (TPSA) is 46.5 Å². The van der Waals surface area contributed by atoms with E-state index in [1.807, 2.05) is 0 Å². The summed E-state index contributed by atoms with van der Waals surface area (Å²) in [5, 5.41) is 9.54. The van der Waals surface area contributed by atoms with Crippen LogP contribution in [0.25, 0.3) is 0 Å². The van der Waals surface area contributed by atoms with Crippen LogP contribution in [0.3, 0.4) is 0 Å². The summed E-state index contributed by atoms with van der Waals surface area (Å²) >= 11 is 5.53. The Hall–Kier alpha value is -1.22. The molecule has 0 unspecified atom stereocenters. The average Bonchev–Trinajstić information content (AvgIpc) is 2.24. The molecule has 0 aromatic heterocycles. The highest BCUT2D eigenvalue weighted by molar-refractivity contribution is 6.17. The van der Waals surface area contributed by atoms with E-state index in [9.17, 15) is 9.90 Å². The fourth-order valence-corrected chi connectivity index (χ4v) is 1.47. The van der Waals surface area contributed by atoms with Crippen LogP contribution in [0.4, 0.5) is 0 Å². The fourth-order valence-electron chi connectivity index (χ4n) is 1.29. The van der Waals surface area contributed by atoms with E-state index in [0.29, 0.717) is 23.8 Å². The average molecular weight is 243 g/mol. The third kappa shape index (κ3) is 3.74. The van der Waals surface area contributed by atoms with Crippen molar-refractivity contribution < 1.29 is 14.6 Å². The molecule has 0 amide bonds. The molecule has 1 rings (SSSR count). The molecule has 0 aliphatic rings. The van der Waals surface area contributed by atoms with Gasteiger partial charge in [0, 0.05) is 11.9 Å².